The number of carbonyl (C=O) groups excluding carboxylic acids is 1. The van der Waals surface area contributed by atoms with Gasteiger partial charge in [-0.2, -0.15) is 4.57 Å². The van der Waals surface area contributed by atoms with Crippen LogP contribution in [-0.4, -0.2) is 15.9 Å². The van der Waals surface area contributed by atoms with Gasteiger partial charge in [-0.3, -0.25) is 9.78 Å². The Balaban J connectivity index is 2.22. The number of aliphatic hydroxyl groups is 1. The van der Waals surface area contributed by atoms with Crippen molar-refractivity contribution < 1.29 is 14.5 Å². The van der Waals surface area contributed by atoms with Gasteiger partial charge in [-0.15, -0.1) is 0 Å². The van der Waals surface area contributed by atoms with Crippen molar-refractivity contribution in [2.24, 2.45) is 0 Å². The summed E-state index contributed by atoms with van der Waals surface area (Å²) in [7, 11) is 0. The second-order valence-corrected chi connectivity index (χ2v) is 3.73. The molecule has 4 heteroatoms. The lowest BCUT2D eigenvalue weighted by Gasteiger charge is -1.94. The highest BCUT2D eigenvalue weighted by Crippen LogP contribution is 2.29. The summed E-state index contributed by atoms with van der Waals surface area (Å²) in [6.45, 7) is 0. The third-order valence-electron chi connectivity index (χ3n) is 2.73. The van der Waals surface area contributed by atoms with Crippen molar-refractivity contribution in [1.82, 2.24) is 4.98 Å². The molecule has 0 aromatic carbocycles. The maximum atomic E-state index is 12.1. The number of hydrogen-bond acceptors (Lipinski definition) is 3. The van der Waals surface area contributed by atoms with Gasteiger partial charge in [-0.1, -0.05) is 6.07 Å². The van der Waals surface area contributed by atoms with Crippen molar-refractivity contribution in [3.05, 3.63) is 60.2 Å². The first-order chi connectivity index (χ1) is 8.29. The van der Waals surface area contributed by atoms with E-state index in [-0.39, 0.29) is 17.2 Å². The maximum absolute atomic E-state index is 12.1. The van der Waals surface area contributed by atoms with Crippen LogP contribution in [0.25, 0.3) is 11.5 Å². The zero-order chi connectivity index (χ0) is 11.8. The second kappa shape index (κ2) is 3.52. The van der Waals surface area contributed by atoms with E-state index >= 15 is 0 Å². The van der Waals surface area contributed by atoms with E-state index in [9.17, 15) is 9.90 Å². The van der Waals surface area contributed by atoms with Gasteiger partial charge in [-0.25, -0.2) is 0 Å². The molecular formula is C13H9N2O2+. The van der Waals surface area contributed by atoms with Crippen LogP contribution >= 0.6 is 0 Å². The number of aliphatic hydroxyl groups excluding tert-OH is 1. The minimum Gasteiger partial charge on any atom is -0.502 e. The summed E-state index contributed by atoms with van der Waals surface area (Å²) in [6.07, 6.45) is 6.49. The molecule has 3 rings (SSSR count). The molecule has 0 amide bonds. The fourth-order valence-electron chi connectivity index (χ4n) is 1.93. The number of allylic oxidation sites excluding steroid dienone is 1. The minimum absolute atomic E-state index is 0.0192. The first kappa shape index (κ1) is 9.72. The number of fused-ring (bicyclic) bond motifs is 1. The number of hydrogen-bond donors (Lipinski definition) is 1. The number of pyridine rings is 2. The van der Waals surface area contributed by atoms with E-state index < -0.39 is 0 Å². The van der Waals surface area contributed by atoms with Crippen molar-refractivity contribution in [1.29, 1.82) is 0 Å². The molecule has 17 heavy (non-hydrogen) atoms. The van der Waals surface area contributed by atoms with Gasteiger partial charge >= 0.3 is 5.70 Å². The molecule has 2 heterocycles. The first-order valence-electron chi connectivity index (χ1n) is 5.18. The van der Waals surface area contributed by atoms with Crippen molar-refractivity contribution >= 4 is 17.2 Å². The zero-order valence-corrected chi connectivity index (χ0v) is 8.87. The number of rotatable bonds is 1. The van der Waals surface area contributed by atoms with E-state index in [2.05, 4.69) is 4.98 Å². The molecule has 0 aliphatic heterocycles. The van der Waals surface area contributed by atoms with Gasteiger partial charge in [0.2, 0.25) is 5.76 Å². The number of carbonyl (C=O) groups is 1. The van der Waals surface area contributed by atoms with Crippen molar-refractivity contribution in [3.63, 3.8) is 0 Å². The molecule has 0 unspecified atom stereocenters. The first-order valence-corrected chi connectivity index (χ1v) is 5.18. The fraction of sp³-hybridized carbons (Fsp3) is 0. The van der Waals surface area contributed by atoms with Gasteiger partial charge in [0.05, 0.1) is 5.56 Å². The Morgan fingerprint density at radius 2 is 1.88 bits per heavy atom. The summed E-state index contributed by atoms with van der Waals surface area (Å²) in [5, 5.41) is 10.1. The molecule has 4 nitrogen and oxygen atoms in total. The van der Waals surface area contributed by atoms with Gasteiger partial charge < -0.3 is 5.11 Å². The van der Waals surface area contributed by atoms with Crippen LogP contribution in [0.2, 0.25) is 0 Å². The van der Waals surface area contributed by atoms with Crippen LogP contribution in [0, 0.1) is 0 Å². The van der Waals surface area contributed by atoms with Crippen LogP contribution < -0.4 is 4.57 Å². The van der Waals surface area contributed by atoms with Crippen LogP contribution in [-0.2, 0) is 0 Å². The average molecular weight is 225 g/mol. The van der Waals surface area contributed by atoms with Crippen molar-refractivity contribution in [2.45, 2.75) is 0 Å². The Hall–Kier alpha value is -2.49. The molecule has 82 valence electrons. The maximum Gasteiger partial charge on any atom is 0.301 e. The van der Waals surface area contributed by atoms with Gasteiger partial charge in [0.25, 0.3) is 5.78 Å². The lowest BCUT2D eigenvalue weighted by atomic mass is 10.1. The smallest absolute Gasteiger partial charge is 0.301 e. The zero-order valence-electron chi connectivity index (χ0n) is 8.87. The highest BCUT2D eigenvalue weighted by Gasteiger charge is 2.36. The second-order valence-electron chi connectivity index (χ2n) is 3.73. The molecule has 0 fully saturated rings. The predicted molar refractivity (Wildman–Crippen MR) is 60.9 cm³/mol. The molecular weight excluding hydrogens is 216 g/mol. The Morgan fingerprint density at radius 3 is 2.59 bits per heavy atom. The predicted octanol–water partition coefficient (Wildman–Crippen LogP) is 1.45. The van der Waals surface area contributed by atoms with Crippen LogP contribution in [0.1, 0.15) is 15.9 Å². The number of ketones is 1. The van der Waals surface area contributed by atoms with E-state index in [4.69, 9.17) is 0 Å². The Labute approximate surface area is 97.5 Å². The van der Waals surface area contributed by atoms with Crippen molar-refractivity contribution in [3.8, 4) is 0 Å². The van der Waals surface area contributed by atoms with Gasteiger partial charge in [-0.05, 0) is 6.07 Å². The van der Waals surface area contributed by atoms with Gasteiger partial charge in [0, 0.05) is 30.1 Å². The molecule has 1 aliphatic carbocycles. The number of aromatic nitrogens is 2. The third kappa shape index (κ3) is 1.34. The largest absolute Gasteiger partial charge is 0.502 e. The Morgan fingerprint density at radius 1 is 1.12 bits per heavy atom. The summed E-state index contributed by atoms with van der Waals surface area (Å²) in [5.74, 6) is -0.203. The summed E-state index contributed by atoms with van der Waals surface area (Å²) in [5.41, 5.74) is 1.25. The third-order valence-corrected chi connectivity index (χ3v) is 2.73. The van der Waals surface area contributed by atoms with Crippen molar-refractivity contribution in [2.75, 3.05) is 0 Å². The summed E-state index contributed by atoms with van der Waals surface area (Å²) < 4.78 is 1.61. The monoisotopic (exact) mass is 225 g/mol. The lowest BCUT2D eigenvalue weighted by molar-refractivity contribution is -0.576. The van der Waals surface area contributed by atoms with E-state index in [1.54, 1.807) is 41.4 Å². The summed E-state index contributed by atoms with van der Waals surface area (Å²) >= 11 is 0. The Kier molecular flexibility index (Phi) is 2.01. The van der Waals surface area contributed by atoms with Crippen LogP contribution in [0.4, 0.5) is 0 Å². The molecule has 2 aromatic heterocycles. The normalized spacial score (nSPS) is 14.0. The summed E-state index contributed by atoms with van der Waals surface area (Å²) in [6, 6.07) is 7.07. The van der Waals surface area contributed by atoms with Gasteiger partial charge in [0.15, 0.2) is 12.4 Å². The van der Waals surface area contributed by atoms with E-state index in [1.807, 2.05) is 6.07 Å². The highest BCUT2D eigenvalue weighted by atomic mass is 16.3. The van der Waals surface area contributed by atoms with Gasteiger partial charge in [0.1, 0.15) is 0 Å². The van der Waals surface area contributed by atoms with Crippen LogP contribution in [0.15, 0.2) is 49.1 Å². The molecule has 0 saturated carbocycles. The van der Waals surface area contributed by atoms with E-state index in [1.165, 1.54) is 6.20 Å². The number of Topliss-reactive ketones (excluding diaryl/α,β-unsaturated/α-hetero) is 1. The topological polar surface area (TPSA) is 54.1 Å². The van der Waals surface area contributed by atoms with Crippen LogP contribution in [0.5, 0.6) is 0 Å². The molecule has 0 atom stereocenters. The number of nitrogens with zero attached hydrogens (tertiary/aromatic N) is 2. The molecule has 0 radical (unpaired) electrons. The minimum atomic E-state index is -0.184. The molecule has 0 spiro atoms. The molecule has 0 saturated heterocycles. The molecule has 0 bridgehead atoms. The SMILES string of the molecule is O=C1C([n+]2ccccc2)=C(O)c2cnccc21. The molecule has 1 N–H and O–H groups in total. The lowest BCUT2D eigenvalue weighted by Crippen LogP contribution is -2.34. The van der Waals surface area contributed by atoms with E-state index in [0.29, 0.717) is 11.1 Å². The summed E-state index contributed by atoms with van der Waals surface area (Å²) in [4.78, 5) is 16.1. The Bertz CT molecular complexity index is 633. The fourth-order valence-corrected chi connectivity index (χ4v) is 1.93. The molecule has 1 aliphatic rings. The van der Waals surface area contributed by atoms with E-state index in [0.717, 1.165) is 0 Å². The quantitative estimate of drug-likeness (QED) is 0.747. The highest BCUT2D eigenvalue weighted by molar-refractivity contribution is 6.32. The standard InChI is InChI=1S/C13H8N2O2/c16-12-9-4-5-14-8-10(9)13(17)11(12)15-6-2-1-3-7-15/h1-8H/p+1. The average Bonchev–Trinajstić information content (AvgIpc) is 2.64. The molecule has 2 aromatic rings. The van der Waals surface area contributed by atoms with Crippen LogP contribution in [0.3, 0.4) is 0 Å².